The number of hydrogen-bond donors (Lipinski definition) is 0. The van der Waals surface area contributed by atoms with Gasteiger partial charge in [0.05, 0.1) is 6.10 Å². The lowest BCUT2D eigenvalue weighted by Crippen LogP contribution is -2.40. The number of pyridine rings is 1. The Hall–Kier alpha value is -2.14. The molecule has 1 aromatic carbocycles. The molecule has 122 valence electrons. The third-order valence-electron chi connectivity index (χ3n) is 4.37. The molecule has 5 heteroatoms. The molecule has 0 radical (unpaired) electrons. The van der Waals surface area contributed by atoms with Crippen LogP contribution in [0.3, 0.4) is 0 Å². The van der Waals surface area contributed by atoms with Gasteiger partial charge in [-0.15, -0.1) is 0 Å². The normalized spacial score (nSPS) is 18.0. The van der Waals surface area contributed by atoms with Crippen molar-refractivity contribution < 1.29 is 9.53 Å². The Morgan fingerprint density at radius 2 is 2.13 bits per heavy atom. The number of benzene rings is 1. The number of aromatic nitrogens is 1. The summed E-state index contributed by atoms with van der Waals surface area (Å²) in [6, 6.07) is 9.29. The van der Waals surface area contributed by atoms with Crippen molar-refractivity contribution in [3.8, 4) is 0 Å². The summed E-state index contributed by atoms with van der Waals surface area (Å²) in [6.45, 7) is 1.42. The highest BCUT2D eigenvalue weighted by Gasteiger charge is 2.19. The summed E-state index contributed by atoms with van der Waals surface area (Å²) in [5, 5.41) is 1.53. The van der Waals surface area contributed by atoms with E-state index in [1.807, 2.05) is 24.3 Å². The molecule has 0 aliphatic carbocycles. The van der Waals surface area contributed by atoms with Crippen LogP contribution in [-0.2, 0) is 16.1 Å². The fourth-order valence-corrected chi connectivity index (χ4v) is 2.98. The van der Waals surface area contributed by atoms with E-state index in [4.69, 9.17) is 4.74 Å². The van der Waals surface area contributed by atoms with Gasteiger partial charge in [0.15, 0.2) is 0 Å². The minimum atomic E-state index is -0.126. The summed E-state index contributed by atoms with van der Waals surface area (Å²) >= 11 is 0. The lowest BCUT2D eigenvalue weighted by atomic mass is 10.1. The van der Waals surface area contributed by atoms with Crippen molar-refractivity contribution in [2.24, 2.45) is 0 Å². The molecule has 2 heterocycles. The lowest BCUT2D eigenvalue weighted by Gasteiger charge is -2.27. The minimum Gasteiger partial charge on any atom is -0.376 e. The van der Waals surface area contributed by atoms with Crippen LogP contribution < -0.4 is 5.56 Å². The first kappa shape index (κ1) is 15.7. The molecule has 1 aromatic heterocycles. The molecule has 23 heavy (non-hydrogen) atoms. The van der Waals surface area contributed by atoms with E-state index in [1.165, 1.54) is 4.57 Å². The Morgan fingerprint density at radius 1 is 1.30 bits per heavy atom. The SMILES string of the molecule is CN(C[C@@H]1CCCCO1)C(=O)Cn1ccc2ccccc2c1=O. The third-order valence-corrected chi connectivity index (χ3v) is 4.37. The molecule has 2 aromatic rings. The first-order valence-electron chi connectivity index (χ1n) is 8.09. The van der Waals surface area contributed by atoms with Crippen LogP contribution in [0.1, 0.15) is 19.3 Å². The molecule has 1 fully saturated rings. The molecule has 1 aliphatic heterocycles. The molecule has 5 nitrogen and oxygen atoms in total. The molecule has 1 saturated heterocycles. The summed E-state index contributed by atoms with van der Waals surface area (Å²) in [5.74, 6) is -0.0726. The van der Waals surface area contributed by atoms with Gasteiger partial charge in [-0.2, -0.15) is 0 Å². The van der Waals surface area contributed by atoms with Gasteiger partial charge in [-0.25, -0.2) is 0 Å². The molecule has 0 saturated carbocycles. The maximum Gasteiger partial charge on any atom is 0.258 e. The monoisotopic (exact) mass is 314 g/mol. The van der Waals surface area contributed by atoms with Gasteiger partial charge in [0.25, 0.3) is 5.56 Å². The van der Waals surface area contributed by atoms with E-state index in [2.05, 4.69) is 0 Å². The fraction of sp³-hybridized carbons (Fsp3) is 0.444. The number of carbonyl (C=O) groups excluding carboxylic acids is 1. The molecule has 1 amide bonds. The van der Waals surface area contributed by atoms with Gasteiger partial charge in [-0.3, -0.25) is 9.59 Å². The summed E-state index contributed by atoms with van der Waals surface area (Å²) in [6.07, 6.45) is 5.05. The van der Waals surface area contributed by atoms with Crippen LogP contribution in [0.2, 0.25) is 0 Å². The highest BCUT2D eigenvalue weighted by molar-refractivity contribution is 5.82. The molecule has 0 bridgehead atoms. The van der Waals surface area contributed by atoms with E-state index in [0.717, 1.165) is 31.3 Å². The quantitative estimate of drug-likeness (QED) is 0.867. The Bertz CT molecular complexity index is 747. The number of ether oxygens (including phenoxy) is 1. The zero-order valence-electron chi connectivity index (χ0n) is 13.4. The van der Waals surface area contributed by atoms with Crippen LogP contribution in [0, 0.1) is 0 Å². The number of fused-ring (bicyclic) bond motifs is 1. The number of carbonyl (C=O) groups is 1. The second kappa shape index (κ2) is 6.96. The van der Waals surface area contributed by atoms with Gasteiger partial charge in [-0.1, -0.05) is 18.2 Å². The predicted octanol–water partition coefficient (Wildman–Crippen LogP) is 2.03. The van der Waals surface area contributed by atoms with Crippen molar-refractivity contribution in [1.29, 1.82) is 0 Å². The Balaban J connectivity index is 1.69. The second-order valence-electron chi connectivity index (χ2n) is 6.10. The van der Waals surface area contributed by atoms with Crippen molar-refractivity contribution in [2.75, 3.05) is 20.2 Å². The number of hydrogen-bond acceptors (Lipinski definition) is 3. The Kier molecular flexibility index (Phi) is 4.76. The van der Waals surface area contributed by atoms with Gasteiger partial charge < -0.3 is 14.2 Å². The van der Waals surface area contributed by atoms with Crippen LogP contribution in [0.15, 0.2) is 41.3 Å². The molecule has 1 aliphatic rings. The van der Waals surface area contributed by atoms with Crippen LogP contribution in [0.4, 0.5) is 0 Å². The number of amides is 1. The summed E-state index contributed by atoms with van der Waals surface area (Å²) in [5.41, 5.74) is -0.126. The van der Waals surface area contributed by atoms with Gasteiger partial charge in [-0.05, 0) is 36.8 Å². The first-order chi connectivity index (χ1) is 11.1. The van der Waals surface area contributed by atoms with Gasteiger partial charge in [0, 0.05) is 31.8 Å². The molecule has 1 atom stereocenters. The summed E-state index contributed by atoms with van der Waals surface area (Å²) < 4.78 is 7.14. The molecular formula is C18H22N2O3. The maximum atomic E-state index is 12.4. The van der Waals surface area contributed by atoms with Crippen molar-refractivity contribution >= 4 is 16.7 Å². The lowest BCUT2D eigenvalue weighted by molar-refractivity contribution is -0.133. The van der Waals surface area contributed by atoms with Gasteiger partial charge in [0.2, 0.25) is 5.91 Å². The Morgan fingerprint density at radius 3 is 2.91 bits per heavy atom. The smallest absolute Gasteiger partial charge is 0.258 e. The third kappa shape index (κ3) is 3.62. The van der Waals surface area contributed by atoms with E-state index >= 15 is 0 Å². The zero-order chi connectivity index (χ0) is 16.2. The van der Waals surface area contributed by atoms with Crippen LogP contribution in [0.25, 0.3) is 10.8 Å². The molecule has 0 unspecified atom stereocenters. The maximum absolute atomic E-state index is 12.4. The molecule has 3 rings (SSSR count). The average Bonchev–Trinajstić information content (AvgIpc) is 2.58. The molecular weight excluding hydrogens is 292 g/mol. The first-order valence-corrected chi connectivity index (χ1v) is 8.09. The average molecular weight is 314 g/mol. The number of likely N-dealkylation sites (N-methyl/N-ethyl adjacent to an activating group) is 1. The number of rotatable bonds is 4. The van der Waals surface area contributed by atoms with E-state index in [1.54, 1.807) is 24.2 Å². The predicted molar refractivity (Wildman–Crippen MR) is 89.4 cm³/mol. The van der Waals surface area contributed by atoms with Crippen molar-refractivity contribution in [1.82, 2.24) is 9.47 Å². The highest BCUT2D eigenvalue weighted by atomic mass is 16.5. The van der Waals surface area contributed by atoms with Crippen LogP contribution >= 0.6 is 0 Å². The standard InChI is InChI=1S/C18H22N2O3/c1-19(12-15-7-4-5-11-23-15)17(21)13-20-10-9-14-6-2-3-8-16(14)18(20)22/h2-3,6,8-10,15H,4-5,7,11-13H2,1H3/t15-/m0/s1. The van der Waals surface area contributed by atoms with Crippen molar-refractivity contribution in [2.45, 2.75) is 31.9 Å². The van der Waals surface area contributed by atoms with Gasteiger partial charge in [0.1, 0.15) is 6.54 Å². The van der Waals surface area contributed by atoms with E-state index in [-0.39, 0.29) is 24.1 Å². The number of nitrogens with zero attached hydrogens (tertiary/aromatic N) is 2. The topological polar surface area (TPSA) is 51.5 Å². The molecule has 0 N–H and O–H groups in total. The largest absolute Gasteiger partial charge is 0.376 e. The fourth-order valence-electron chi connectivity index (χ4n) is 2.98. The Labute approximate surface area is 135 Å². The summed E-state index contributed by atoms with van der Waals surface area (Å²) in [4.78, 5) is 26.5. The minimum absolute atomic E-state index is 0.0624. The second-order valence-corrected chi connectivity index (χ2v) is 6.10. The van der Waals surface area contributed by atoms with E-state index in [9.17, 15) is 9.59 Å². The van der Waals surface area contributed by atoms with Crippen LogP contribution in [-0.4, -0.2) is 41.7 Å². The highest BCUT2D eigenvalue weighted by Crippen LogP contribution is 2.13. The van der Waals surface area contributed by atoms with Gasteiger partial charge >= 0.3 is 0 Å². The van der Waals surface area contributed by atoms with E-state index < -0.39 is 0 Å². The van der Waals surface area contributed by atoms with E-state index in [0.29, 0.717) is 11.9 Å². The zero-order valence-corrected chi connectivity index (χ0v) is 13.4. The van der Waals surface area contributed by atoms with Crippen LogP contribution in [0.5, 0.6) is 0 Å². The van der Waals surface area contributed by atoms with Crippen molar-refractivity contribution in [3.63, 3.8) is 0 Å². The summed E-state index contributed by atoms with van der Waals surface area (Å²) in [7, 11) is 1.77. The molecule has 0 spiro atoms. The van der Waals surface area contributed by atoms with Crippen molar-refractivity contribution in [3.05, 3.63) is 46.9 Å².